The summed E-state index contributed by atoms with van der Waals surface area (Å²) in [5.41, 5.74) is 1.56. The zero-order valence-corrected chi connectivity index (χ0v) is 15.3. The number of piperidine rings is 1. The number of hydrogen-bond acceptors (Lipinski definition) is 7. The normalized spacial score (nSPS) is 16.2. The number of hydrogen-bond donors (Lipinski definition) is 4. The van der Waals surface area contributed by atoms with Gasteiger partial charge in [-0.05, 0) is 57.3 Å². The van der Waals surface area contributed by atoms with Crippen LogP contribution in [0.1, 0.15) is 26.2 Å². The molecule has 0 amide bonds. The van der Waals surface area contributed by atoms with Crippen LogP contribution in [0.3, 0.4) is 0 Å². The van der Waals surface area contributed by atoms with Crippen molar-refractivity contribution < 1.29 is 5.11 Å². The molecule has 26 heavy (non-hydrogen) atoms. The van der Waals surface area contributed by atoms with Crippen LogP contribution in [0.5, 0.6) is 0 Å². The number of nitrogens with one attached hydrogen (secondary N) is 3. The molecule has 0 aromatic carbocycles. The van der Waals surface area contributed by atoms with E-state index in [1.807, 2.05) is 31.2 Å². The minimum Gasteiger partial charge on any atom is -0.394 e. The molecule has 3 heterocycles. The molecule has 1 aliphatic rings. The fourth-order valence-electron chi connectivity index (χ4n) is 3.09. The lowest BCUT2D eigenvalue weighted by molar-refractivity contribution is 0.281. The maximum Gasteiger partial charge on any atom is 0.225 e. The van der Waals surface area contributed by atoms with Crippen LogP contribution in [0, 0.1) is 5.92 Å². The summed E-state index contributed by atoms with van der Waals surface area (Å²) in [5.74, 6) is 2.05. The van der Waals surface area contributed by atoms with Crippen molar-refractivity contribution in [3.63, 3.8) is 0 Å². The van der Waals surface area contributed by atoms with Crippen LogP contribution in [-0.2, 0) is 0 Å². The van der Waals surface area contributed by atoms with Crippen molar-refractivity contribution in [1.82, 2.24) is 20.3 Å². The Kier molecular flexibility index (Phi) is 6.74. The topological polar surface area (TPSA) is 95.0 Å². The van der Waals surface area contributed by atoms with Gasteiger partial charge in [-0.3, -0.25) is 4.98 Å². The van der Waals surface area contributed by atoms with Gasteiger partial charge in [0, 0.05) is 24.8 Å². The van der Waals surface area contributed by atoms with E-state index < -0.39 is 0 Å². The summed E-state index contributed by atoms with van der Waals surface area (Å²) in [6, 6.07) is 7.57. The van der Waals surface area contributed by atoms with E-state index in [2.05, 4.69) is 30.9 Å². The van der Waals surface area contributed by atoms with Gasteiger partial charge in [0.15, 0.2) is 0 Å². The van der Waals surface area contributed by atoms with Crippen molar-refractivity contribution in [2.24, 2.45) is 5.92 Å². The summed E-state index contributed by atoms with van der Waals surface area (Å²) in [6.07, 6.45) is 5.38. The number of anilines is 2. The van der Waals surface area contributed by atoms with Crippen LogP contribution in [0.25, 0.3) is 11.4 Å². The van der Waals surface area contributed by atoms with E-state index in [-0.39, 0.29) is 12.6 Å². The number of aromatic nitrogens is 3. The fourth-order valence-corrected chi connectivity index (χ4v) is 3.09. The molecule has 0 saturated carbocycles. The van der Waals surface area contributed by atoms with Gasteiger partial charge in [-0.25, -0.2) is 4.98 Å². The molecule has 7 nitrogen and oxygen atoms in total. The van der Waals surface area contributed by atoms with E-state index in [0.29, 0.717) is 5.95 Å². The highest BCUT2D eigenvalue weighted by atomic mass is 16.3. The van der Waals surface area contributed by atoms with E-state index in [1.165, 1.54) is 12.8 Å². The second-order valence-electron chi connectivity index (χ2n) is 6.81. The highest BCUT2D eigenvalue weighted by Gasteiger charge is 2.13. The molecule has 1 saturated heterocycles. The predicted octanol–water partition coefficient (Wildman–Crippen LogP) is 2.13. The molecule has 2 aromatic rings. The van der Waals surface area contributed by atoms with Crippen LogP contribution in [-0.4, -0.2) is 52.3 Å². The molecule has 4 N–H and O–H groups in total. The van der Waals surface area contributed by atoms with Gasteiger partial charge in [0.25, 0.3) is 0 Å². The first kappa shape index (κ1) is 18.5. The Morgan fingerprint density at radius 2 is 2.08 bits per heavy atom. The molecule has 0 radical (unpaired) electrons. The average molecular weight is 356 g/mol. The van der Waals surface area contributed by atoms with Crippen molar-refractivity contribution in [3.8, 4) is 11.4 Å². The Morgan fingerprint density at radius 1 is 1.23 bits per heavy atom. The average Bonchev–Trinajstić information content (AvgIpc) is 2.69. The molecule has 0 aliphatic carbocycles. The number of rotatable bonds is 8. The van der Waals surface area contributed by atoms with Crippen LogP contribution >= 0.6 is 0 Å². The van der Waals surface area contributed by atoms with Crippen molar-refractivity contribution in [2.75, 3.05) is 36.9 Å². The van der Waals surface area contributed by atoms with Crippen LogP contribution in [0.2, 0.25) is 0 Å². The summed E-state index contributed by atoms with van der Waals surface area (Å²) >= 11 is 0. The maximum absolute atomic E-state index is 9.29. The number of aliphatic hydroxyl groups excluding tert-OH is 1. The van der Waals surface area contributed by atoms with Crippen LogP contribution in [0.4, 0.5) is 11.8 Å². The lowest BCUT2D eigenvalue weighted by Crippen LogP contribution is -2.28. The van der Waals surface area contributed by atoms with Gasteiger partial charge in [-0.1, -0.05) is 6.07 Å². The fraction of sp³-hybridized carbons (Fsp3) is 0.526. The molecule has 1 aliphatic heterocycles. The van der Waals surface area contributed by atoms with Crippen LogP contribution in [0.15, 0.2) is 30.5 Å². The third kappa shape index (κ3) is 5.37. The van der Waals surface area contributed by atoms with Gasteiger partial charge in [-0.15, -0.1) is 0 Å². The van der Waals surface area contributed by atoms with Gasteiger partial charge >= 0.3 is 0 Å². The van der Waals surface area contributed by atoms with Gasteiger partial charge in [0.1, 0.15) is 5.82 Å². The molecule has 2 aromatic heterocycles. The van der Waals surface area contributed by atoms with Crippen molar-refractivity contribution in [3.05, 3.63) is 30.5 Å². The first-order valence-electron chi connectivity index (χ1n) is 9.37. The Morgan fingerprint density at radius 3 is 2.81 bits per heavy atom. The second-order valence-corrected chi connectivity index (χ2v) is 6.81. The van der Waals surface area contributed by atoms with Gasteiger partial charge in [0.2, 0.25) is 5.95 Å². The van der Waals surface area contributed by atoms with Crippen molar-refractivity contribution in [1.29, 1.82) is 0 Å². The highest BCUT2D eigenvalue weighted by Crippen LogP contribution is 2.21. The summed E-state index contributed by atoms with van der Waals surface area (Å²) in [5, 5.41) is 19.3. The number of pyridine rings is 1. The number of aliphatic hydroxyl groups is 1. The van der Waals surface area contributed by atoms with Gasteiger partial charge in [0.05, 0.1) is 18.0 Å². The highest BCUT2D eigenvalue weighted by molar-refractivity contribution is 5.60. The van der Waals surface area contributed by atoms with Crippen molar-refractivity contribution in [2.45, 2.75) is 32.2 Å². The summed E-state index contributed by atoms with van der Waals surface area (Å²) < 4.78 is 0. The SMILES string of the molecule is C[C@@H](CO)Nc1nc(NCCC2CCNCC2)cc(-c2ccccn2)n1. The van der Waals surface area contributed by atoms with Gasteiger partial charge < -0.3 is 21.1 Å². The van der Waals surface area contributed by atoms with E-state index in [9.17, 15) is 5.11 Å². The lowest BCUT2D eigenvalue weighted by atomic mass is 9.95. The molecular formula is C19H28N6O. The zero-order valence-electron chi connectivity index (χ0n) is 15.3. The standard InChI is InChI=1S/C19H28N6O/c1-14(13-26)23-19-24-17(16-4-2-3-8-21-16)12-18(25-19)22-11-7-15-5-9-20-10-6-15/h2-4,8,12,14-15,20,26H,5-7,9-11,13H2,1H3,(H2,22,23,24,25)/t14-/m0/s1. The Bertz CT molecular complexity index is 675. The molecule has 0 unspecified atom stereocenters. The van der Waals surface area contributed by atoms with Crippen LogP contribution < -0.4 is 16.0 Å². The second kappa shape index (κ2) is 9.45. The molecule has 3 rings (SSSR count). The van der Waals surface area contributed by atoms with Crippen molar-refractivity contribution >= 4 is 11.8 Å². The predicted molar refractivity (Wildman–Crippen MR) is 104 cm³/mol. The first-order valence-corrected chi connectivity index (χ1v) is 9.37. The molecule has 0 spiro atoms. The van der Waals surface area contributed by atoms with E-state index in [0.717, 1.165) is 49.2 Å². The lowest BCUT2D eigenvalue weighted by Gasteiger charge is -2.22. The molecular weight excluding hydrogens is 328 g/mol. The quantitative estimate of drug-likeness (QED) is 0.575. The van der Waals surface area contributed by atoms with E-state index >= 15 is 0 Å². The smallest absolute Gasteiger partial charge is 0.225 e. The number of nitrogens with zero attached hydrogens (tertiary/aromatic N) is 3. The molecule has 1 atom stereocenters. The minimum atomic E-state index is -0.114. The summed E-state index contributed by atoms with van der Waals surface area (Å²) in [6.45, 7) is 5.04. The Hall–Kier alpha value is -2.25. The zero-order chi connectivity index (χ0) is 18.2. The summed E-state index contributed by atoms with van der Waals surface area (Å²) in [4.78, 5) is 13.5. The van der Waals surface area contributed by atoms with E-state index in [4.69, 9.17) is 0 Å². The largest absolute Gasteiger partial charge is 0.394 e. The minimum absolute atomic E-state index is 0.0235. The third-order valence-electron chi connectivity index (χ3n) is 4.62. The monoisotopic (exact) mass is 356 g/mol. The maximum atomic E-state index is 9.29. The Balaban J connectivity index is 1.71. The molecule has 0 bridgehead atoms. The molecule has 1 fully saturated rings. The molecule has 140 valence electrons. The first-order chi connectivity index (χ1) is 12.7. The third-order valence-corrected chi connectivity index (χ3v) is 4.62. The summed E-state index contributed by atoms with van der Waals surface area (Å²) in [7, 11) is 0. The van der Waals surface area contributed by atoms with E-state index in [1.54, 1.807) is 6.20 Å². The Labute approximate surface area is 154 Å². The van der Waals surface area contributed by atoms with Gasteiger partial charge in [-0.2, -0.15) is 4.98 Å². The molecule has 7 heteroatoms.